The van der Waals surface area contributed by atoms with Crippen molar-refractivity contribution in [3.8, 4) is 0 Å². The molecule has 0 heterocycles. The monoisotopic (exact) mass is 898 g/mol. The lowest BCUT2D eigenvalue weighted by molar-refractivity contribution is -0.870. The number of aliphatic hydroxyl groups is 1. The number of nitrogens with one attached hydrogen (secondary N) is 1. The van der Waals surface area contributed by atoms with E-state index in [-0.39, 0.29) is 19.1 Å². The molecule has 0 saturated heterocycles. The fourth-order valence-corrected chi connectivity index (χ4v) is 8.68. The number of nitrogens with zero attached hydrogens (tertiary/aromatic N) is 1. The van der Waals surface area contributed by atoms with Crippen molar-refractivity contribution in [1.29, 1.82) is 0 Å². The summed E-state index contributed by atoms with van der Waals surface area (Å²) in [6.45, 7) is 4.78. The van der Waals surface area contributed by atoms with E-state index in [1.54, 1.807) is 6.08 Å². The number of aliphatic hydroxyl groups excluding tert-OH is 1. The maximum Gasteiger partial charge on any atom is 0.472 e. The Bertz CT molecular complexity index is 1060. The lowest BCUT2D eigenvalue weighted by atomic mass is 10.0. The molecule has 8 nitrogen and oxygen atoms in total. The Morgan fingerprint density at radius 3 is 1.29 bits per heavy atom. The van der Waals surface area contributed by atoms with Crippen LogP contribution in [0.2, 0.25) is 0 Å². The van der Waals surface area contributed by atoms with Gasteiger partial charge >= 0.3 is 7.82 Å². The predicted octanol–water partition coefficient (Wildman–Crippen LogP) is 15.6. The Morgan fingerprint density at radius 1 is 0.532 bits per heavy atom. The molecule has 0 rings (SSSR count). The average Bonchev–Trinajstić information content (AvgIpc) is 3.23. The van der Waals surface area contributed by atoms with Gasteiger partial charge in [-0.3, -0.25) is 13.8 Å². The number of phosphoric ester groups is 1. The van der Waals surface area contributed by atoms with Crippen molar-refractivity contribution < 1.29 is 32.9 Å². The summed E-state index contributed by atoms with van der Waals surface area (Å²) in [6.07, 6.45) is 56.0. The van der Waals surface area contributed by atoms with Crippen LogP contribution in [0.5, 0.6) is 0 Å². The molecule has 0 radical (unpaired) electrons. The first-order valence-corrected chi connectivity index (χ1v) is 28.2. The van der Waals surface area contributed by atoms with Gasteiger partial charge in [-0.2, -0.15) is 0 Å². The number of allylic oxidation sites excluding steroid dienone is 3. The van der Waals surface area contributed by atoms with Gasteiger partial charge < -0.3 is 19.8 Å². The summed E-state index contributed by atoms with van der Waals surface area (Å²) in [5.41, 5.74) is 0. The SMILES string of the molecule is CCCCCCCCCCCCCCCCCCCCCCCCCCCC/C=C/CC/C=C/C(O)C(COP(=O)(O)OCC[N+](C)(C)C)NC(=O)CCCCCCCCCC. The quantitative estimate of drug-likeness (QED) is 0.0243. The minimum atomic E-state index is -4.34. The summed E-state index contributed by atoms with van der Waals surface area (Å²) in [5.74, 6) is -0.190. The Kier molecular flexibility index (Phi) is 44.4. The van der Waals surface area contributed by atoms with Crippen LogP contribution in [0.25, 0.3) is 0 Å². The first kappa shape index (κ1) is 61.0. The van der Waals surface area contributed by atoms with Crippen molar-refractivity contribution in [3.05, 3.63) is 24.3 Å². The molecule has 9 heteroatoms. The van der Waals surface area contributed by atoms with Crippen LogP contribution in [0.1, 0.15) is 258 Å². The zero-order valence-electron chi connectivity index (χ0n) is 41.9. The number of phosphoric acid groups is 1. The zero-order chi connectivity index (χ0) is 45.7. The lowest BCUT2D eigenvalue weighted by Crippen LogP contribution is -2.45. The Hall–Kier alpha value is -1.02. The maximum atomic E-state index is 12.8. The summed E-state index contributed by atoms with van der Waals surface area (Å²) in [5, 5.41) is 13.8. The molecular weight excluding hydrogens is 792 g/mol. The van der Waals surface area contributed by atoms with Crippen LogP contribution in [0.4, 0.5) is 0 Å². The average molecular weight is 898 g/mol. The van der Waals surface area contributed by atoms with Crippen LogP contribution >= 0.6 is 7.82 Å². The van der Waals surface area contributed by atoms with Crippen molar-refractivity contribution in [2.75, 3.05) is 40.9 Å². The first-order valence-electron chi connectivity index (χ1n) is 26.7. The van der Waals surface area contributed by atoms with Gasteiger partial charge in [-0.25, -0.2) is 4.57 Å². The minimum absolute atomic E-state index is 0.0580. The van der Waals surface area contributed by atoms with E-state index in [9.17, 15) is 19.4 Å². The van der Waals surface area contributed by atoms with Gasteiger partial charge in [0.25, 0.3) is 0 Å². The van der Waals surface area contributed by atoms with Crippen LogP contribution in [0.15, 0.2) is 24.3 Å². The van der Waals surface area contributed by atoms with Crippen LogP contribution in [-0.2, 0) is 18.4 Å². The van der Waals surface area contributed by atoms with E-state index in [4.69, 9.17) is 9.05 Å². The van der Waals surface area contributed by atoms with Crippen LogP contribution in [-0.4, -0.2) is 73.4 Å². The molecule has 3 unspecified atom stereocenters. The second kappa shape index (κ2) is 45.1. The highest BCUT2D eigenvalue weighted by Gasteiger charge is 2.27. The van der Waals surface area contributed by atoms with Gasteiger partial charge in [-0.15, -0.1) is 0 Å². The summed E-state index contributed by atoms with van der Waals surface area (Å²) in [6, 6.07) is -0.857. The molecule has 0 fully saturated rings. The third-order valence-corrected chi connectivity index (χ3v) is 13.2. The van der Waals surface area contributed by atoms with Crippen LogP contribution in [0.3, 0.4) is 0 Å². The van der Waals surface area contributed by atoms with E-state index in [1.165, 1.54) is 199 Å². The standard InChI is InChI=1S/C53H105N2O6P/c1-6-8-10-12-14-16-17-18-19-20-21-22-23-24-25-26-27-28-29-30-31-32-33-34-35-36-37-38-39-40-42-44-46-52(56)51(50-61-62(58,59)60-49-48-55(3,4)5)54-53(57)47-45-43-41-15-13-11-9-7-2/h38-39,44,46,51-52,56H,6-37,40-43,45,47-50H2,1-5H3,(H-,54,57,58,59)/p+1/b39-38+,46-44+. The Balaban J connectivity index is 4.00. The second-order valence-corrected chi connectivity index (χ2v) is 21.1. The lowest BCUT2D eigenvalue weighted by Gasteiger charge is -2.25. The summed E-state index contributed by atoms with van der Waals surface area (Å²) >= 11 is 0. The summed E-state index contributed by atoms with van der Waals surface area (Å²) < 4.78 is 23.5. The zero-order valence-corrected chi connectivity index (χ0v) is 42.8. The molecule has 3 N–H and O–H groups in total. The van der Waals surface area contributed by atoms with Gasteiger partial charge in [-0.1, -0.05) is 244 Å². The fourth-order valence-electron chi connectivity index (χ4n) is 7.94. The third-order valence-electron chi connectivity index (χ3n) is 12.2. The van der Waals surface area contributed by atoms with Gasteiger partial charge in [0.15, 0.2) is 0 Å². The number of hydrogen-bond donors (Lipinski definition) is 3. The highest BCUT2D eigenvalue weighted by molar-refractivity contribution is 7.47. The van der Waals surface area contributed by atoms with Gasteiger partial charge in [0.05, 0.1) is 39.9 Å². The van der Waals surface area contributed by atoms with E-state index in [0.717, 1.165) is 38.5 Å². The Labute approximate surface area is 385 Å². The normalized spacial score (nSPS) is 14.2. The van der Waals surface area contributed by atoms with Crippen LogP contribution < -0.4 is 5.32 Å². The Morgan fingerprint density at radius 2 is 0.887 bits per heavy atom. The molecule has 0 aromatic heterocycles. The third kappa shape index (κ3) is 47.0. The van der Waals surface area contributed by atoms with Crippen LogP contribution in [0, 0.1) is 0 Å². The number of rotatable bonds is 49. The molecule has 0 aliphatic rings. The number of quaternary nitrogens is 1. The molecule has 1 amide bonds. The number of hydrogen-bond acceptors (Lipinski definition) is 5. The van der Waals surface area contributed by atoms with E-state index in [0.29, 0.717) is 17.4 Å². The molecule has 62 heavy (non-hydrogen) atoms. The van der Waals surface area contributed by atoms with Gasteiger partial charge in [-0.05, 0) is 32.1 Å². The van der Waals surface area contributed by atoms with Crippen molar-refractivity contribution in [2.45, 2.75) is 270 Å². The molecule has 0 saturated carbocycles. The number of likely N-dealkylation sites (N-methyl/N-ethyl adjacent to an activating group) is 1. The van der Waals surface area contributed by atoms with Crippen molar-refractivity contribution in [2.24, 2.45) is 0 Å². The van der Waals surface area contributed by atoms with E-state index >= 15 is 0 Å². The number of carbonyl (C=O) groups excluding carboxylic acids is 1. The van der Waals surface area contributed by atoms with Gasteiger partial charge in [0, 0.05) is 6.42 Å². The molecule has 0 bridgehead atoms. The van der Waals surface area contributed by atoms with Crippen molar-refractivity contribution >= 4 is 13.7 Å². The molecule has 0 aliphatic heterocycles. The molecule has 0 spiro atoms. The molecule has 0 aromatic rings. The van der Waals surface area contributed by atoms with E-state index in [1.807, 2.05) is 27.2 Å². The van der Waals surface area contributed by atoms with E-state index in [2.05, 4.69) is 31.3 Å². The number of unbranched alkanes of at least 4 members (excludes halogenated alkanes) is 34. The second-order valence-electron chi connectivity index (χ2n) is 19.6. The van der Waals surface area contributed by atoms with E-state index < -0.39 is 20.0 Å². The molecule has 368 valence electrons. The highest BCUT2D eigenvalue weighted by atomic mass is 31.2. The predicted molar refractivity (Wildman–Crippen MR) is 268 cm³/mol. The van der Waals surface area contributed by atoms with Gasteiger partial charge in [0.1, 0.15) is 13.2 Å². The van der Waals surface area contributed by atoms with Gasteiger partial charge in [0.2, 0.25) is 5.91 Å². The topological polar surface area (TPSA) is 105 Å². The fraction of sp³-hybridized carbons (Fsp3) is 0.906. The smallest absolute Gasteiger partial charge is 0.387 e. The molecule has 0 aromatic carbocycles. The van der Waals surface area contributed by atoms with Crippen molar-refractivity contribution in [1.82, 2.24) is 5.32 Å². The molecule has 0 aliphatic carbocycles. The first-order chi connectivity index (χ1) is 30.0. The summed E-state index contributed by atoms with van der Waals surface area (Å²) in [4.78, 5) is 23.0. The van der Waals surface area contributed by atoms with Crippen molar-refractivity contribution in [3.63, 3.8) is 0 Å². The number of amides is 1. The molecule has 3 atom stereocenters. The minimum Gasteiger partial charge on any atom is -0.387 e. The number of carbonyl (C=O) groups is 1. The highest BCUT2D eigenvalue weighted by Crippen LogP contribution is 2.43. The molecular formula is C53H106N2O6P+. The maximum absolute atomic E-state index is 12.8. The summed E-state index contributed by atoms with van der Waals surface area (Å²) in [7, 11) is 1.56. The largest absolute Gasteiger partial charge is 0.472 e.